The maximum atomic E-state index is 14.6. The van der Waals surface area contributed by atoms with E-state index in [1.807, 2.05) is 48.5 Å². The summed E-state index contributed by atoms with van der Waals surface area (Å²) >= 11 is 12.8. The highest BCUT2D eigenvalue weighted by atomic mass is 35.5. The highest BCUT2D eigenvalue weighted by Crippen LogP contribution is 2.40. The van der Waals surface area contributed by atoms with Gasteiger partial charge in [0.2, 0.25) is 0 Å². The van der Waals surface area contributed by atoms with Gasteiger partial charge in [-0.25, -0.2) is 0 Å². The fraction of sp³-hybridized carbons (Fsp3) is 0.278. The number of anilines is 3. The minimum Gasteiger partial charge on any atom is -0.367 e. The molecule has 0 spiro atoms. The first kappa shape index (κ1) is 29.6. The maximum absolute atomic E-state index is 14.6. The number of amides is 2. The summed E-state index contributed by atoms with van der Waals surface area (Å²) in [5, 5.41) is 10.6. The van der Waals surface area contributed by atoms with Gasteiger partial charge in [-0.05, 0) is 78.6 Å². The van der Waals surface area contributed by atoms with Gasteiger partial charge in [0.15, 0.2) is 0 Å². The van der Waals surface area contributed by atoms with Crippen LogP contribution < -0.4 is 20.9 Å². The van der Waals surface area contributed by atoms with E-state index in [9.17, 15) is 9.59 Å². The lowest BCUT2D eigenvalue weighted by atomic mass is 10.0. The molecule has 4 fully saturated rings. The van der Waals surface area contributed by atoms with Crippen molar-refractivity contribution in [2.45, 2.75) is 49.3 Å². The number of hydrogen-bond donors (Lipinski definition) is 3. The second-order valence-corrected chi connectivity index (χ2v) is 13.2. The molecule has 46 heavy (non-hydrogen) atoms. The molecule has 0 aliphatic carbocycles. The van der Waals surface area contributed by atoms with Gasteiger partial charge in [0, 0.05) is 47.1 Å². The standard InChI is InChI=1S/C36H32Cl2N4O4/c37-23-4-1-3-22(15-23)35(43)41-32-28(5-2-6-29(32)38)36(44)42(24-11-7-20(8-12-24)33-30-16-26(45-33)18-39-30)25-13-9-21(10-14-25)34-31-17-27(46-34)19-40-31/h1-15,26-27,30-31,33-34,39-40H,16-19H2,(H,41,43)/t26-,27+,30-,31+,33+,34-. The van der Waals surface area contributed by atoms with Crippen molar-refractivity contribution in [3.8, 4) is 0 Å². The zero-order valence-electron chi connectivity index (χ0n) is 24.8. The van der Waals surface area contributed by atoms with Crippen molar-refractivity contribution >= 4 is 52.1 Å². The molecule has 4 aromatic carbocycles. The van der Waals surface area contributed by atoms with E-state index in [-0.39, 0.29) is 46.6 Å². The fourth-order valence-electron chi connectivity index (χ4n) is 7.14. The quantitative estimate of drug-likeness (QED) is 0.202. The van der Waals surface area contributed by atoms with Crippen LogP contribution in [-0.2, 0) is 9.47 Å². The molecule has 8 nitrogen and oxygen atoms in total. The first-order chi connectivity index (χ1) is 22.4. The highest BCUT2D eigenvalue weighted by molar-refractivity contribution is 6.35. The van der Waals surface area contributed by atoms with Crippen LogP contribution in [0.2, 0.25) is 10.0 Å². The molecule has 4 bridgehead atoms. The molecule has 4 aliphatic rings. The molecule has 4 heterocycles. The number of fused-ring (bicyclic) bond motifs is 4. The third-order valence-electron chi connectivity index (χ3n) is 9.39. The predicted octanol–water partition coefficient (Wildman–Crippen LogP) is 6.83. The van der Waals surface area contributed by atoms with E-state index in [1.165, 1.54) is 0 Å². The van der Waals surface area contributed by atoms with E-state index >= 15 is 0 Å². The highest BCUT2D eigenvalue weighted by Gasteiger charge is 2.42. The van der Waals surface area contributed by atoms with Gasteiger partial charge < -0.3 is 25.4 Å². The fourth-order valence-corrected chi connectivity index (χ4v) is 7.55. The van der Waals surface area contributed by atoms with Gasteiger partial charge in [-0.1, -0.05) is 59.6 Å². The Morgan fingerprint density at radius 2 is 1.30 bits per heavy atom. The van der Waals surface area contributed by atoms with E-state index < -0.39 is 5.91 Å². The maximum Gasteiger partial charge on any atom is 0.264 e. The summed E-state index contributed by atoms with van der Waals surface area (Å²) in [6, 6.07) is 28.0. The number of ether oxygens (including phenoxy) is 2. The largest absolute Gasteiger partial charge is 0.367 e. The lowest BCUT2D eigenvalue weighted by Gasteiger charge is -2.28. The molecule has 0 aromatic heterocycles. The second kappa shape index (κ2) is 12.1. The van der Waals surface area contributed by atoms with E-state index in [4.69, 9.17) is 32.7 Å². The Kier molecular flexibility index (Phi) is 7.80. The number of carbonyl (C=O) groups is 2. The van der Waals surface area contributed by atoms with Crippen LogP contribution >= 0.6 is 23.2 Å². The minimum absolute atomic E-state index is 0.0205. The molecule has 4 aromatic rings. The number of morpholine rings is 2. The van der Waals surface area contributed by atoms with Crippen LogP contribution in [0.3, 0.4) is 0 Å². The third-order valence-corrected chi connectivity index (χ3v) is 9.94. The molecular weight excluding hydrogens is 623 g/mol. The minimum atomic E-state index is -0.427. The Labute approximate surface area is 277 Å². The zero-order chi connectivity index (χ0) is 31.4. The summed E-state index contributed by atoms with van der Waals surface area (Å²) in [5.41, 5.74) is 4.28. The summed E-state index contributed by atoms with van der Waals surface area (Å²) in [7, 11) is 0. The lowest BCUT2D eigenvalue weighted by Crippen LogP contribution is -2.34. The van der Waals surface area contributed by atoms with Crippen molar-refractivity contribution < 1.29 is 19.1 Å². The second-order valence-electron chi connectivity index (χ2n) is 12.3. The molecule has 234 valence electrons. The summed E-state index contributed by atoms with van der Waals surface area (Å²) < 4.78 is 12.4. The summed E-state index contributed by atoms with van der Waals surface area (Å²) in [4.78, 5) is 29.5. The van der Waals surface area contributed by atoms with Crippen molar-refractivity contribution in [1.29, 1.82) is 0 Å². The number of halogens is 2. The zero-order valence-corrected chi connectivity index (χ0v) is 26.3. The van der Waals surface area contributed by atoms with Gasteiger partial charge in [-0.3, -0.25) is 14.5 Å². The van der Waals surface area contributed by atoms with Crippen molar-refractivity contribution in [2.75, 3.05) is 23.3 Å². The Hall–Kier alpha value is -3.76. The molecule has 10 heteroatoms. The molecule has 3 N–H and O–H groups in total. The number of para-hydroxylation sites is 1. The topological polar surface area (TPSA) is 91.9 Å². The van der Waals surface area contributed by atoms with Gasteiger partial charge in [0.25, 0.3) is 11.8 Å². The first-order valence-electron chi connectivity index (χ1n) is 15.6. The number of benzene rings is 4. The van der Waals surface area contributed by atoms with Gasteiger partial charge in [0.1, 0.15) is 0 Å². The number of hydrogen-bond acceptors (Lipinski definition) is 6. The van der Waals surface area contributed by atoms with Crippen LogP contribution in [0.4, 0.5) is 17.1 Å². The van der Waals surface area contributed by atoms with Crippen LogP contribution in [0.15, 0.2) is 91.0 Å². The third kappa shape index (κ3) is 5.49. The molecule has 0 unspecified atom stereocenters. The van der Waals surface area contributed by atoms with Gasteiger partial charge in [0.05, 0.1) is 40.7 Å². The number of carbonyl (C=O) groups excluding carboxylic acids is 2. The van der Waals surface area contributed by atoms with Gasteiger partial charge in [-0.15, -0.1) is 0 Å². The van der Waals surface area contributed by atoms with Crippen LogP contribution in [-0.4, -0.2) is 49.2 Å². The average molecular weight is 656 g/mol. The average Bonchev–Trinajstić information content (AvgIpc) is 3.90. The van der Waals surface area contributed by atoms with Crippen molar-refractivity contribution in [2.24, 2.45) is 0 Å². The van der Waals surface area contributed by atoms with Crippen LogP contribution in [0.5, 0.6) is 0 Å². The van der Waals surface area contributed by atoms with Gasteiger partial charge in [-0.2, -0.15) is 0 Å². The van der Waals surface area contributed by atoms with Gasteiger partial charge >= 0.3 is 0 Å². The normalized spacial score (nSPS) is 26.0. The SMILES string of the molecule is O=C(Nc1c(Cl)cccc1C(=O)N(c1ccc([C@H]2O[C@@H]3CN[C@H]2C3)cc1)c1ccc([C@@H]2O[C@H]3CN[C@@H]2C3)cc1)c1cccc(Cl)c1. The summed E-state index contributed by atoms with van der Waals surface area (Å²) in [6.07, 6.45) is 2.45. The molecule has 2 amide bonds. The van der Waals surface area contributed by atoms with Crippen LogP contribution in [0, 0.1) is 0 Å². The molecule has 0 radical (unpaired) electrons. The molecular formula is C36H32Cl2N4O4. The molecule has 4 aliphatic heterocycles. The Bertz CT molecular complexity index is 1730. The van der Waals surface area contributed by atoms with E-state index in [0.717, 1.165) is 37.1 Å². The van der Waals surface area contributed by atoms with Crippen LogP contribution in [0.1, 0.15) is 56.9 Å². The number of nitrogens with zero attached hydrogens (tertiary/aromatic N) is 1. The number of nitrogens with one attached hydrogen (secondary N) is 3. The smallest absolute Gasteiger partial charge is 0.264 e. The van der Waals surface area contributed by atoms with Crippen molar-refractivity contribution in [1.82, 2.24) is 10.6 Å². The molecule has 4 saturated heterocycles. The summed E-state index contributed by atoms with van der Waals surface area (Å²) in [5.74, 6) is -0.774. The van der Waals surface area contributed by atoms with Crippen molar-refractivity contribution in [3.05, 3.63) is 123 Å². The first-order valence-corrected chi connectivity index (χ1v) is 16.3. The summed E-state index contributed by atoms with van der Waals surface area (Å²) in [6.45, 7) is 1.77. The monoisotopic (exact) mass is 654 g/mol. The number of rotatable bonds is 7. The molecule has 6 atom stereocenters. The van der Waals surface area contributed by atoms with Crippen molar-refractivity contribution in [3.63, 3.8) is 0 Å². The molecule has 0 saturated carbocycles. The lowest BCUT2D eigenvalue weighted by molar-refractivity contribution is 0.0159. The van der Waals surface area contributed by atoms with E-state index in [0.29, 0.717) is 34.0 Å². The Morgan fingerprint density at radius 1 is 0.739 bits per heavy atom. The van der Waals surface area contributed by atoms with E-state index in [1.54, 1.807) is 47.4 Å². The van der Waals surface area contributed by atoms with E-state index in [2.05, 4.69) is 16.0 Å². The Balaban J connectivity index is 1.14. The van der Waals surface area contributed by atoms with Crippen LogP contribution in [0.25, 0.3) is 0 Å². The predicted molar refractivity (Wildman–Crippen MR) is 178 cm³/mol. The Morgan fingerprint density at radius 3 is 1.80 bits per heavy atom. The molecule has 8 rings (SSSR count).